The minimum atomic E-state index is -0.284. The summed E-state index contributed by atoms with van der Waals surface area (Å²) >= 11 is 0. The summed E-state index contributed by atoms with van der Waals surface area (Å²) in [6, 6.07) is 13.0. The molecular formula is C14H15NO3. The topological polar surface area (TPSA) is 75.7 Å². The van der Waals surface area contributed by atoms with Crippen LogP contribution in [0.25, 0.3) is 0 Å². The highest BCUT2D eigenvalue weighted by atomic mass is 16.5. The summed E-state index contributed by atoms with van der Waals surface area (Å²) in [6.07, 6.45) is 0. The number of nitrogens with two attached hydrogens (primary N) is 1. The molecule has 0 amide bonds. The molecule has 0 saturated carbocycles. The fourth-order valence-corrected chi connectivity index (χ4v) is 1.58. The van der Waals surface area contributed by atoms with Crippen LogP contribution < -0.4 is 10.5 Å². The minimum Gasteiger partial charge on any atom is -0.508 e. The van der Waals surface area contributed by atoms with Crippen LogP contribution in [0.5, 0.6) is 17.2 Å². The van der Waals surface area contributed by atoms with Crippen LogP contribution in [0, 0.1) is 0 Å². The van der Waals surface area contributed by atoms with E-state index in [1.807, 2.05) is 0 Å². The molecule has 0 fully saturated rings. The fraction of sp³-hybridized carbons (Fsp3) is 0.143. The van der Waals surface area contributed by atoms with Gasteiger partial charge in [-0.05, 0) is 29.8 Å². The predicted molar refractivity (Wildman–Crippen MR) is 68.6 cm³/mol. The van der Waals surface area contributed by atoms with E-state index in [9.17, 15) is 10.2 Å². The average molecular weight is 245 g/mol. The Morgan fingerprint density at radius 3 is 2.39 bits per heavy atom. The normalized spacial score (nSPS) is 12.1. The van der Waals surface area contributed by atoms with Crippen molar-refractivity contribution in [2.45, 2.75) is 6.04 Å². The minimum absolute atomic E-state index is 0.158. The van der Waals surface area contributed by atoms with Gasteiger partial charge in [0.1, 0.15) is 23.9 Å². The van der Waals surface area contributed by atoms with Gasteiger partial charge in [0, 0.05) is 6.07 Å². The lowest BCUT2D eigenvalue weighted by molar-refractivity contribution is 0.289. The molecule has 0 aliphatic rings. The lowest BCUT2D eigenvalue weighted by Gasteiger charge is -2.13. The predicted octanol–water partition coefficient (Wildman–Crippen LogP) is 2.18. The van der Waals surface area contributed by atoms with E-state index in [0.717, 1.165) is 5.56 Å². The molecule has 4 N–H and O–H groups in total. The number of phenols is 2. The maximum atomic E-state index is 9.29. The first kappa shape index (κ1) is 12.3. The van der Waals surface area contributed by atoms with E-state index in [1.165, 1.54) is 6.07 Å². The van der Waals surface area contributed by atoms with E-state index < -0.39 is 0 Å². The van der Waals surface area contributed by atoms with E-state index in [0.29, 0.717) is 12.4 Å². The third kappa shape index (κ3) is 3.15. The van der Waals surface area contributed by atoms with Crippen LogP contribution in [0.2, 0.25) is 0 Å². The molecular weight excluding hydrogens is 230 g/mol. The number of ether oxygens (including phenoxy) is 1. The Balaban J connectivity index is 1.96. The van der Waals surface area contributed by atoms with Gasteiger partial charge >= 0.3 is 0 Å². The molecule has 0 spiro atoms. The Morgan fingerprint density at radius 1 is 1.00 bits per heavy atom. The molecule has 0 bridgehead atoms. The van der Waals surface area contributed by atoms with Gasteiger partial charge in [0.05, 0.1) is 6.04 Å². The summed E-state index contributed by atoms with van der Waals surface area (Å²) in [7, 11) is 0. The molecule has 94 valence electrons. The van der Waals surface area contributed by atoms with E-state index >= 15 is 0 Å². The van der Waals surface area contributed by atoms with E-state index in [2.05, 4.69) is 0 Å². The van der Waals surface area contributed by atoms with Crippen molar-refractivity contribution in [3.05, 3.63) is 54.1 Å². The Bertz CT molecular complexity index is 511. The second kappa shape index (κ2) is 5.42. The molecule has 0 aromatic heterocycles. The SMILES string of the molecule is NC(COc1cccc(O)c1)c1ccc(O)cc1. The van der Waals surface area contributed by atoms with Gasteiger partial charge in [-0.2, -0.15) is 0 Å². The van der Waals surface area contributed by atoms with Crippen molar-refractivity contribution >= 4 is 0 Å². The van der Waals surface area contributed by atoms with Crippen molar-refractivity contribution in [1.82, 2.24) is 0 Å². The monoisotopic (exact) mass is 245 g/mol. The number of rotatable bonds is 4. The molecule has 0 saturated heterocycles. The summed E-state index contributed by atoms with van der Waals surface area (Å²) in [4.78, 5) is 0. The lowest BCUT2D eigenvalue weighted by atomic mass is 10.1. The highest BCUT2D eigenvalue weighted by molar-refractivity contribution is 5.32. The molecule has 2 rings (SSSR count). The maximum Gasteiger partial charge on any atom is 0.123 e. The summed E-state index contributed by atoms with van der Waals surface area (Å²) < 4.78 is 5.49. The molecule has 18 heavy (non-hydrogen) atoms. The zero-order valence-corrected chi connectivity index (χ0v) is 9.78. The van der Waals surface area contributed by atoms with Crippen LogP contribution in [0.15, 0.2) is 48.5 Å². The van der Waals surface area contributed by atoms with Gasteiger partial charge in [-0.3, -0.25) is 0 Å². The van der Waals surface area contributed by atoms with Crippen LogP contribution in [0.1, 0.15) is 11.6 Å². The summed E-state index contributed by atoms with van der Waals surface area (Å²) in [5.74, 6) is 0.940. The molecule has 1 unspecified atom stereocenters. The molecule has 4 nitrogen and oxygen atoms in total. The van der Waals surface area contributed by atoms with Crippen LogP contribution in [0.4, 0.5) is 0 Å². The lowest BCUT2D eigenvalue weighted by Crippen LogP contribution is -2.18. The second-order valence-corrected chi connectivity index (χ2v) is 4.01. The molecule has 1 atom stereocenters. The van der Waals surface area contributed by atoms with Gasteiger partial charge in [-0.1, -0.05) is 18.2 Å². The number of hydrogen-bond acceptors (Lipinski definition) is 4. The van der Waals surface area contributed by atoms with Gasteiger partial charge in [0.2, 0.25) is 0 Å². The van der Waals surface area contributed by atoms with Crippen molar-refractivity contribution in [2.24, 2.45) is 5.73 Å². The van der Waals surface area contributed by atoms with E-state index in [-0.39, 0.29) is 17.5 Å². The van der Waals surface area contributed by atoms with Crippen LogP contribution in [-0.2, 0) is 0 Å². The highest BCUT2D eigenvalue weighted by Gasteiger charge is 2.07. The van der Waals surface area contributed by atoms with E-state index in [4.69, 9.17) is 10.5 Å². The van der Waals surface area contributed by atoms with Gasteiger partial charge in [0.25, 0.3) is 0 Å². The zero-order valence-electron chi connectivity index (χ0n) is 9.78. The molecule has 0 heterocycles. The highest BCUT2D eigenvalue weighted by Crippen LogP contribution is 2.20. The number of aromatic hydroxyl groups is 2. The zero-order chi connectivity index (χ0) is 13.0. The van der Waals surface area contributed by atoms with Gasteiger partial charge in [0.15, 0.2) is 0 Å². The Hall–Kier alpha value is -2.20. The molecule has 0 radical (unpaired) electrons. The number of benzene rings is 2. The molecule has 2 aromatic rings. The van der Waals surface area contributed by atoms with Gasteiger partial charge < -0.3 is 20.7 Å². The smallest absolute Gasteiger partial charge is 0.123 e. The number of phenolic OH excluding ortho intramolecular Hbond substituents is 2. The summed E-state index contributed by atoms with van der Waals surface area (Å²) in [6.45, 7) is 0.300. The van der Waals surface area contributed by atoms with Crippen molar-refractivity contribution < 1.29 is 14.9 Å². The molecule has 0 aliphatic carbocycles. The largest absolute Gasteiger partial charge is 0.508 e. The van der Waals surface area contributed by atoms with Crippen molar-refractivity contribution in [3.63, 3.8) is 0 Å². The van der Waals surface area contributed by atoms with Crippen LogP contribution in [0.3, 0.4) is 0 Å². The van der Waals surface area contributed by atoms with Crippen molar-refractivity contribution in [3.8, 4) is 17.2 Å². The van der Waals surface area contributed by atoms with Gasteiger partial charge in [-0.25, -0.2) is 0 Å². The van der Waals surface area contributed by atoms with Crippen molar-refractivity contribution in [1.29, 1.82) is 0 Å². The first-order chi connectivity index (χ1) is 8.65. The summed E-state index contributed by atoms with van der Waals surface area (Å²) in [5.41, 5.74) is 6.84. The maximum absolute atomic E-state index is 9.29. The molecule has 4 heteroatoms. The van der Waals surface area contributed by atoms with Crippen molar-refractivity contribution in [2.75, 3.05) is 6.61 Å². The molecule has 2 aromatic carbocycles. The first-order valence-corrected chi connectivity index (χ1v) is 5.61. The average Bonchev–Trinajstić information content (AvgIpc) is 2.37. The third-order valence-corrected chi connectivity index (χ3v) is 2.57. The van der Waals surface area contributed by atoms with Gasteiger partial charge in [-0.15, -0.1) is 0 Å². The Morgan fingerprint density at radius 2 is 1.72 bits per heavy atom. The summed E-state index contributed by atoms with van der Waals surface area (Å²) in [5, 5.41) is 18.5. The fourth-order valence-electron chi connectivity index (χ4n) is 1.58. The molecule has 0 aliphatic heterocycles. The quantitative estimate of drug-likeness (QED) is 0.771. The van der Waals surface area contributed by atoms with Crippen LogP contribution in [-0.4, -0.2) is 16.8 Å². The second-order valence-electron chi connectivity index (χ2n) is 4.01. The Labute approximate surface area is 105 Å². The number of hydrogen-bond donors (Lipinski definition) is 3. The Kier molecular flexibility index (Phi) is 3.69. The van der Waals surface area contributed by atoms with Crippen LogP contribution >= 0.6 is 0 Å². The third-order valence-electron chi connectivity index (χ3n) is 2.57. The first-order valence-electron chi connectivity index (χ1n) is 5.61. The van der Waals surface area contributed by atoms with E-state index in [1.54, 1.807) is 42.5 Å². The standard InChI is InChI=1S/C14H15NO3/c15-14(10-4-6-11(16)7-5-10)9-18-13-3-1-2-12(17)8-13/h1-8,14,16-17H,9,15H2.